The fraction of sp³-hybridized carbons (Fsp3) is 0.250. The first-order valence-corrected chi connectivity index (χ1v) is 10.3. The van der Waals surface area contributed by atoms with Crippen molar-refractivity contribution < 1.29 is 19.4 Å². The number of hydrogen-bond acceptors (Lipinski definition) is 6. The molecule has 27 heavy (non-hydrogen) atoms. The van der Waals surface area contributed by atoms with E-state index >= 15 is 0 Å². The summed E-state index contributed by atoms with van der Waals surface area (Å²) in [5.74, 6) is 1.19. The van der Waals surface area contributed by atoms with E-state index in [1.807, 2.05) is 48.7 Å². The van der Waals surface area contributed by atoms with Gasteiger partial charge in [-0.15, -0.1) is 22.7 Å². The van der Waals surface area contributed by atoms with Crippen LogP contribution in [0.1, 0.15) is 27.7 Å². The summed E-state index contributed by atoms with van der Waals surface area (Å²) in [4.78, 5) is 14.7. The third-order valence-corrected chi connectivity index (χ3v) is 5.79. The maximum Gasteiger partial charge on any atom is 0.258 e. The molecule has 5 nitrogen and oxygen atoms in total. The second-order valence-corrected chi connectivity index (χ2v) is 7.87. The highest BCUT2D eigenvalue weighted by Crippen LogP contribution is 2.30. The van der Waals surface area contributed by atoms with Crippen LogP contribution in [0.5, 0.6) is 11.5 Å². The zero-order chi connectivity index (χ0) is 19.1. The van der Waals surface area contributed by atoms with Gasteiger partial charge in [-0.3, -0.25) is 4.79 Å². The first kappa shape index (κ1) is 19.4. The Kier molecular flexibility index (Phi) is 6.86. The van der Waals surface area contributed by atoms with E-state index in [4.69, 9.17) is 9.47 Å². The Hall–Kier alpha value is -2.35. The maximum atomic E-state index is 12.0. The fourth-order valence-corrected chi connectivity index (χ4v) is 4.17. The number of ether oxygens (including phenoxy) is 2. The number of nitrogens with one attached hydrogen (secondary N) is 1. The molecule has 0 aliphatic carbocycles. The van der Waals surface area contributed by atoms with Gasteiger partial charge in [-0.2, -0.15) is 0 Å². The summed E-state index contributed by atoms with van der Waals surface area (Å²) >= 11 is 3.01. The van der Waals surface area contributed by atoms with Crippen molar-refractivity contribution in [1.29, 1.82) is 0 Å². The van der Waals surface area contributed by atoms with E-state index < -0.39 is 6.10 Å². The minimum Gasteiger partial charge on any atom is -0.494 e. The van der Waals surface area contributed by atoms with Gasteiger partial charge >= 0.3 is 0 Å². The monoisotopic (exact) mass is 403 g/mol. The van der Waals surface area contributed by atoms with E-state index in [1.54, 1.807) is 12.1 Å². The van der Waals surface area contributed by atoms with Gasteiger partial charge in [0.2, 0.25) is 0 Å². The highest BCUT2D eigenvalue weighted by atomic mass is 32.1. The molecule has 2 N–H and O–H groups in total. The van der Waals surface area contributed by atoms with E-state index in [-0.39, 0.29) is 12.5 Å². The summed E-state index contributed by atoms with van der Waals surface area (Å²) < 4.78 is 10.8. The van der Waals surface area contributed by atoms with Crippen LogP contribution in [0.25, 0.3) is 0 Å². The number of carbonyl (C=O) groups excluding carboxylic acids is 1. The van der Waals surface area contributed by atoms with Crippen LogP contribution in [0.4, 0.5) is 0 Å². The van der Waals surface area contributed by atoms with Gasteiger partial charge in [0.05, 0.1) is 13.2 Å². The van der Waals surface area contributed by atoms with Crippen LogP contribution in [0.2, 0.25) is 0 Å². The number of amides is 1. The SMILES string of the molecule is CCOc1ccc(OCC(=O)NCc2ccc(C(O)c3cccs3)s2)cc1. The summed E-state index contributed by atoms with van der Waals surface area (Å²) in [6.07, 6.45) is -0.609. The molecule has 3 aromatic rings. The van der Waals surface area contributed by atoms with E-state index in [2.05, 4.69) is 5.32 Å². The van der Waals surface area contributed by atoms with Crippen LogP contribution in [-0.4, -0.2) is 24.2 Å². The molecule has 1 atom stereocenters. The zero-order valence-electron chi connectivity index (χ0n) is 14.9. The number of hydrogen-bond donors (Lipinski definition) is 2. The predicted octanol–water partition coefficient (Wildman–Crippen LogP) is 3.99. The molecule has 142 valence electrons. The second kappa shape index (κ2) is 9.55. The van der Waals surface area contributed by atoms with Crippen LogP contribution in [0.15, 0.2) is 53.9 Å². The summed E-state index contributed by atoms with van der Waals surface area (Å²) in [6, 6.07) is 14.8. The topological polar surface area (TPSA) is 67.8 Å². The van der Waals surface area contributed by atoms with Crippen LogP contribution in [-0.2, 0) is 11.3 Å². The number of thiophene rings is 2. The summed E-state index contributed by atoms with van der Waals surface area (Å²) in [5, 5.41) is 15.1. The molecule has 1 aromatic carbocycles. The van der Waals surface area contributed by atoms with Crippen LogP contribution < -0.4 is 14.8 Å². The lowest BCUT2D eigenvalue weighted by molar-refractivity contribution is -0.123. The molecule has 3 rings (SSSR count). The van der Waals surface area contributed by atoms with Crippen molar-refractivity contribution in [2.75, 3.05) is 13.2 Å². The molecular formula is C20H21NO4S2. The van der Waals surface area contributed by atoms with Gasteiger partial charge in [0.25, 0.3) is 5.91 Å². The summed E-state index contributed by atoms with van der Waals surface area (Å²) in [6.45, 7) is 2.89. The van der Waals surface area contributed by atoms with E-state index in [9.17, 15) is 9.90 Å². The molecule has 0 aliphatic rings. The van der Waals surface area contributed by atoms with Gasteiger partial charge in [-0.05, 0) is 54.8 Å². The molecule has 2 aromatic heterocycles. The van der Waals surface area contributed by atoms with Crippen molar-refractivity contribution in [3.63, 3.8) is 0 Å². The molecule has 0 radical (unpaired) electrons. The van der Waals surface area contributed by atoms with Crippen molar-refractivity contribution in [1.82, 2.24) is 5.32 Å². The Bertz CT molecular complexity index is 843. The zero-order valence-corrected chi connectivity index (χ0v) is 16.5. The molecule has 0 saturated heterocycles. The molecule has 0 spiro atoms. The number of benzene rings is 1. The molecule has 0 fully saturated rings. The molecule has 1 unspecified atom stereocenters. The van der Waals surface area contributed by atoms with E-state index in [0.717, 1.165) is 20.4 Å². The lowest BCUT2D eigenvalue weighted by Gasteiger charge is -2.08. The van der Waals surface area contributed by atoms with Gasteiger partial charge < -0.3 is 19.9 Å². The van der Waals surface area contributed by atoms with Crippen LogP contribution in [0, 0.1) is 0 Å². The minimum absolute atomic E-state index is 0.0516. The summed E-state index contributed by atoms with van der Waals surface area (Å²) in [7, 11) is 0. The Morgan fingerprint density at radius 2 is 1.81 bits per heavy atom. The third kappa shape index (κ3) is 5.56. The highest BCUT2D eigenvalue weighted by Gasteiger charge is 2.14. The average Bonchev–Trinajstić information content (AvgIpc) is 3.37. The molecule has 0 aliphatic heterocycles. The van der Waals surface area contributed by atoms with Gasteiger partial charge in [0.1, 0.15) is 17.6 Å². The summed E-state index contributed by atoms with van der Waals surface area (Å²) in [5.41, 5.74) is 0. The Labute approximate surface area is 166 Å². The standard InChI is InChI=1S/C20H21NO4S2/c1-2-24-14-5-7-15(8-6-14)25-13-19(22)21-12-16-9-10-18(27-16)20(23)17-4-3-11-26-17/h3-11,20,23H,2,12-13H2,1H3,(H,21,22). The van der Waals surface area contributed by atoms with E-state index in [1.165, 1.54) is 22.7 Å². The Morgan fingerprint density at radius 3 is 2.48 bits per heavy atom. The highest BCUT2D eigenvalue weighted by molar-refractivity contribution is 7.12. The molecule has 7 heteroatoms. The lowest BCUT2D eigenvalue weighted by atomic mass is 10.2. The number of carbonyl (C=O) groups is 1. The first-order valence-electron chi connectivity index (χ1n) is 8.58. The minimum atomic E-state index is -0.609. The molecular weight excluding hydrogens is 382 g/mol. The van der Waals surface area contributed by atoms with Crippen molar-refractivity contribution in [2.24, 2.45) is 0 Å². The van der Waals surface area contributed by atoms with Crippen molar-refractivity contribution in [2.45, 2.75) is 19.6 Å². The van der Waals surface area contributed by atoms with Gasteiger partial charge in [0.15, 0.2) is 6.61 Å². The number of aliphatic hydroxyl groups is 1. The molecule has 2 heterocycles. The van der Waals surface area contributed by atoms with Crippen LogP contribution >= 0.6 is 22.7 Å². The first-order chi connectivity index (χ1) is 13.2. The normalized spacial score (nSPS) is 11.8. The lowest BCUT2D eigenvalue weighted by Crippen LogP contribution is -2.28. The number of aliphatic hydroxyl groups excluding tert-OH is 1. The molecule has 0 bridgehead atoms. The average molecular weight is 404 g/mol. The maximum absolute atomic E-state index is 12.0. The second-order valence-electron chi connectivity index (χ2n) is 5.69. The van der Waals surface area contributed by atoms with Crippen molar-refractivity contribution >= 4 is 28.6 Å². The molecule has 1 amide bonds. The fourth-order valence-electron chi connectivity index (χ4n) is 2.41. The van der Waals surface area contributed by atoms with Gasteiger partial charge in [0, 0.05) is 14.6 Å². The van der Waals surface area contributed by atoms with Crippen molar-refractivity contribution in [3.8, 4) is 11.5 Å². The Morgan fingerprint density at radius 1 is 1.07 bits per heavy atom. The van der Waals surface area contributed by atoms with Crippen molar-refractivity contribution in [3.05, 3.63) is 68.5 Å². The quantitative estimate of drug-likeness (QED) is 0.567. The number of rotatable bonds is 9. The predicted molar refractivity (Wildman–Crippen MR) is 108 cm³/mol. The largest absolute Gasteiger partial charge is 0.494 e. The Balaban J connectivity index is 1.44. The third-order valence-electron chi connectivity index (χ3n) is 3.73. The van der Waals surface area contributed by atoms with Gasteiger partial charge in [-0.1, -0.05) is 6.07 Å². The van der Waals surface area contributed by atoms with E-state index in [0.29, 0.717) is 18.9 Å². The van der Waals surface area contributed by atoms with Crippen LogP contribution in [0.3, 0.4) is 0 Å². The smallest absolute Gasteiger partial charge is 0.258 e. The molecule has 0 saturated carbocycles. The van der Waals surface area contributed by atoms with Gasteiger partial charge in [-0.25, -0.2) is 0 Å².